The molecule has 166 valence electrons. The van der Waals surface area contributed by atoms with Gasteiger partial charge in [-0.25, -0.2) is 0 Å². The second-order valence-corrected chi connectivity index (χ2v) is 7.30. The van der Waals surface area contributed by atoms with Crippen LogP contribution in [0, 0.1) is 0 Å². The van der Waals surface area contributed by atoms with Crippen LogP contribution in [0.4, 0.5) is 0 Å². The zero-order chi connectivity index (χ0) is 20.2. The average molecular weight is 526 g/mol. The number of fused-ring (bicyclic) bond motifs is 1. The van der Waals surface area contributed by atoms with Crippen molar-refractivity contribution in [1.29, 1.82) is 0 Å². The summed E-state index contributed by atoms with van der Waals surface area (Å²) >= 11 is 0. The second-order valence-electron chi connectivity index (χ2n) is 7.30. The first-order chi connectivity index (χ1) is 14.3. The fourth-order valence-corrected chi connectivity index (χ4v) is 3.44. The van der Waals surface area contributed by atoms with Gasteiger partial charge in [-0.05, 0) is 48.7 Å². The summed E-state index contributed by atoms with van der Waals surface area (Å²) in [7, 11) is 1.81. The molecule has 6 nitrogen and oxygen atoms in total. The number of nitrogens with one attached hydrogen (secondary N) is 2. The van der Waals surface area contributed by atoms with Gasteiger partial charge < -0.3 is 20.1 Å². The fourth-order valence-electron chi connectivity index (χ4n) is 3.44. The molecule has 1 saturated heterocycles. The first kappa shape index (κ1) is 24.7. The molecular formula is C23H35IN4O2. The maximum atomic E-state index is 5.89. The number of aliphatic imine (C=N–C) groups is 1. The summed E-state index contributed by atoms with van der Waals surface area (Å²) in [6.07, 6.45) is 3.26. The minimum Gasteiger partial charge on any atom is -0.494 e. The molecule has 0 aliphatic carbocycles. The van der Waals surface area contributed by atoms with Crippen LogP contribution < -0.4 is 15.4 Å². The smallest absolute Gasteiger partial charge is 0.190 e. The summed E-state index contributed by atoms with van der Waals surface area (Å²) in [6, 6.07) is 14.6. The van der Waals surface area contributed by atoms with E-state index in [0.29, 0.717) is 6.61 Å². The first-order valence-corrected chi connectivity index (χ1v) is 10.7. The van der Waals surface area contributed by atoms with Crippen LogP contribution in [-0.4, -0.2) is 70.5 Å². The lowest BCUT2D eigenvalue weighted by Crippen LogP contribution is -2.39. The van der Waals surface area contributed by atoms with Crippen molar-refractivity contribution in [2.24, 2.45) is 4.99 Å². The lowest BCUT2D eigenvalue weighted by atomic mass is 10.1. The number of guanidine groups is 1. The molecule has 2 aromatic rings. The molecule has 30 heavy (non-hydrogen) atoms. The molecule has 0 radical (unpaired) electrons. The Morgan fingerprint density at radius 1 is 1.00 bits per heavy atom. The Labute approximate surface area is 197 Å². The molecule has 0 atom stereocenters. The zero-order valence-electron chi connectivity index (χ0n) is 17.9. The minimum atomic E-state index is 0. The number of ether oxygens (including phenoxy) is 2. The van der Waals surface area contributed by atoms with Gasteiger partial charge in [0.2, 0.25) is 0 Å². The summed E-state index contributed by atoms with van der Waals surface area (Å²) in [5, 5.41) is 9.20. The summed E-state index contributed by atoms with van der Waals surface area (Å²) in [6.45, 7) is 7.50. The molecule has 0 aromatic heterocycles. The maximum Gasteiger partial charge on any atom is 0.190 e. The van der Waals surface area contributed by atoms with Gasteiger partial charge in [0.25, 0.3) is 0 Å². The largest absolute Gasteiger partial charge is 0.494 e. The Morgan fingerprint density at radius 2 is 1.73 bits per heavy atom. The molecule has 7 heteroatoms. The Balaban J connectivity index is 0.00000320. The van der Waals surface area contributed by atoms with Gasteiger partial charge in [0, 0.05) is 33.2 Å². The number of morpholine rings is 1. The number of rotatable bonds is 10. The number of nitrogens with zero attached hydrogens (tertiary/aromatic N) is 2. The van der Waals surface area contributed by atoms with Gasteiger partial charge >= 0.3 is 0 Å². The van der Waals surface area contributed by atoms with E-state index in [1.807, 2.05) is 13.1 Å². The molecule has 0 saturated carbocycles. The number of halogens is 1. The summed E-state index contributed by atoms with van der Waals surface area (Å²) in [5.74, 6) is 1.79. The maximum absolute atomic E-state index is 5.89. The van der Waals surface area contributed by atoms with E-state index in [1.54, 1.807) is 0 Å². The average Bonchev–Trinajstić information content (AvgIpc) is 2.78. The van der Waals surface area contributed by atoms with Gasteiger partial charge in [0.1, 0.15) is 5.75 Å². The van der Waals surface area contributed by atoms with Gasteiger partial charge in [-0.15, -0.1) is 24.0 Å². The number of hydrogen-bond donors (Lipinski definition) is 2. The highest BCUT2D eigenvalue weighted by Crippen LogP contribution is 2.20. The van der Waals surface area contributed by atoms with Crippen molar-refractivity contribution in [3.63, 3.8) is 0 Å². The van der Waals surface area contributed by atoms with Crippen LogP contribution in [0.25, 0.3) is 10.8 Å². The molecule has 2 aromatic carbocycles. The van der Waals surface area contributed by atoms with Gasteiger partial charge in [-0.2, -0.15) is 0 Å². The van der Waals surface area contributed by atoms with Crippen molar-refractivity contribution < 1.29 is 9.47 Å². The molecule has 3 rings (SSSR count). The van der Waals surface area contributed by atoms with Crippen molar-refractivity contribution in [1.82, 2.24) is 15.5 Å². The van der Waals surface area contributed by atoms with Crippen molar-refractivity contribution in [3.8, 4) is 5.75 Å². The van der Waals surface area contributed by atoms with Gasteiger partial charge in [-0.3, -0.25) is 9.89 Å². The quantitative estimate of drug-likeness (QED) is 0.215. The van der Waals surface area contributed by atoms with Crippen molar-refractivity contribution in [2.75, 3.05) is 59.6 Å². The third kappa shape index (κ3) is 8.65. The Bertz CT molecular complexity index is 766. The molecule has 1 fully saturated rings. The number of benzene rings is 2. The molecule has 1 heterocycles. The lowest BCUT2D eigenvalue weighted by molar-refractivity contribution is 0.0372. The zero-order valence-corrected chi connectivity index (χ0v) is 20.3. The standard InChI is InChI=1S/C23H34N4O2.HI/c1-24-23(25-11-4-5-13-27-14-17-28-18-15-27)26-12-6-16-29-22-10-9-20-7-2-3-8-21(20)19-22;/h2-3,7-10,19H,4-6,11-18H2,1H3,(H2,24,25,26);1H. The highest BCUT2D eigenvalue weighted by molar-refractivity contribution is 14.0. The fraction of sp³-hybridized carbons (Fsp3) is 0.522. The lowest BCUT2D eigenvalue weighted by Gasteiger charge is -2.26. The van der Waals surface area contributed by atoms with Crippen molar-refractivity contribution in [3.05, 3.63) is 42.5 Å². The first-order valence-electron chi connectivity index (χ1n) is 10.7. The molecule has 0 spiro atoms. The third-order valence-corrected chi connectivity index (χ3v) is 5.12. The van der Waals surface area contributed by atoms with Crippen LogP contribution in [-0.2, 0) is 4.74 Å². The van der Waals surface area contributed by atoms with Crippen molar-refractivity contribution in [2.45, 2.75) is 19.3 Å². The predicted octanol–water partition coefficient (Wildman–Crippen LogP) is 3.50. The van der Waals surface area contributed by atoms with Crippen LogP contribution in [0.1, 0.15) is 19.3 Å². The van der Waals surface area contributed by atoms with Crippen LogP contribution in [0.15, 0.2) is 47.5 Å². The van der Waals surface area contributed by atoms with E-state index in [1.165, 1.54) is 17.2 Å². The van der Waals surface area contributed by atoms with E-state index in [0.717, 1.165) is 70.5 Å². The van der Waals surface area contributed by atoms with Crippen molar-refractivity contribution >= 4 is 40.7 Å². The molecule has 0 amide bonds. The van der Waals surface area contributed by atoms with Gasteiger partial charge in [0.05, 0.1) is 19.8 Å². The van der Waals surface area contributed by atoms with E-state index in [2.05, 4.69) is 56.9 Å². The highest BCUT2D eigenvalue weighted by atomic mass is 127. The van der Waals surface area contributed by atoms with Gasteiger partial charge in [-0.1, -0.05) is 30.3 Å². The number of hydrogen-bond acceptors (Lipinski definition) is 4. The highest BCUT2D eigenvalue weighted by Gasteiger charge is 2.09. The van der Waals surface area contributed by atoms with E-state index in [4.69, 9.17) is 9.47 Å². The molecule has 2 N–H and O–H groups in total. The molecular weight excluding hydrogens is 491 g/mol. The van der Waals surface area contributed by atoms with Crippen LogP contribution in [0.2, 0.25) is 0 Å². The van der Waals surface area contributed by atoms with Crippen LogP contribution in [0.5, 0.6) is 5.75 Å². The number of unbranched alkanes of at least 4 members (excludes halogenated alkanes) is 1. The van der Waals surface area contributed by atoms with Crippen LogP contribution >= 0.6 is 24.0 Å². The third-order valence-electron chi connectivity index (χ3n) is 5.12. The van der Waals surface area contributed by atoms with Crippen LogP contribution in [0.3, 0.4) is 0 Å². The SMILES string of the molecule is CN=C(NCCCCN1CCOCC1)NCCCOc1ccc2ccccc2c1.I. The molecule has 0 unspecified atom stereocenters. The molecule has 1 aliphatic heterocycles. The summed E-state index contributed by atoms with van der Waals surface area (Å²) < 4.78 is 11.3. The molecule has 1 aliphatic rings. The van der Waals surface area contributed by atoms with E-state index >= 15 is 0 Å². The van der Waals surface area contributed by atoms with E-state index in [-0.39, 0.29) is 24.0 Å². The molecule has 0 bridgehead atoms. The topological polar surface area (TPSA) is 58.1 Å². The Hall–Kier alpha value is -1.58. The minimum absolute atomic E-state index is 0. The Morgan fingerprint density at radius 3 is 2.50 bits per heavy atom. The van der Waals surface area contributed by atoms with E-state index < -0.39 is 0 Å². The predicted molar refractivity (Wildman–Crippen MR) is 135 cm³/mol. The summed E-state index contributed by atoms with van der Waals surface area (Å²) in [4.78, 5) is 6.77. The van der Waals surface area contributed by atoms with E-state index in [9.17, 15) is 0 Å². The van der Waals surface area contributed by atoms with Gasteiger partial charge in [0.15, 0.2) is 5.96 Å². The summed E-state index contributed by atoms with van der Waals surface area (Å²) in [5.41, 5.74) is 0. The second kappa shape index (κ2) is 14.4. The monoisotopic (exact) mass is 526 g/mol. The normalized spacial score (nSPS) is 14.9. The Kier molecular flexibility index (Phi) is 11.9.